The van der Waals surface area contributed by atoms with Crippen LogP contribution in [0.15, 0.2) is 47.8 Å². The van der Waals surface area contributed by atoms with Crippen LogP contribution in [0.2, 0.25) is 0 Å². The van der Waals surface area contributed by atoms with E-state index in [1.54, 1.807) is 24.3 Å². The molecule has 0 saturated heterocycles. The molecule has 6 nitrogen and oxygen atoms in total. The van der Waals surface area contributed by atoms with Gasteiger partial charge in [0.15, 0.2) is 16.6 Å². The van der Waals surface area contributed by atoms with E-state index >= 15 is 0 Å². The number of nitrogens with zero attached hydrogens (tertiary/aromatic N) is 1. The SMILES string of the molecule is CC(C)Oc1ccc(C(=O)Nc2nc(-c3ccc4c(c3)OCO4)cs2)cc1. The third-order valence-electron chi connectivity index (χ3n) is 3.88. The second-order valence-electron chi connectivity index (χ2n) is 6.25. The van der Waals surface area contributed by atoms with Crippen LogP contribution >= 0.6 is 11.3 Å². The number of fused-ring (bicyclic) bond motifs is 1. The molecule has 4 rings (SSSR count). The van der Waals surface area contributed by atoms with Crippen molar-refractivity contribution in [3.63, 3.8) is 0 Å². The van der Waals surface area contributed by atoms with E-state index in [-0.39, 0.29) is 18.8 Å². The molecule has 0 radical (unpaired) electrons. The quantitative estimate of drug-likeness (QED) is 0.699. The van der Waals surface area contributed by atoms with Crippen LogP contribution < -0.4 is 19.5 Å². The summed E-state index contributed by atoms with van der Waals surface area (Å²) < 4.78 is 16.3. The zero-order chi connectivity index (χ0) is 18.8. The van der Waals surface area contributed by atoms with Crippen molar-refractivity contribution in [1.29, 1.82) is 0 Å². The number of aromatic nitrogens is 1. The summed E-state index contributed by atoms with van der Waals surface area (Å²) >= 11 is 1.37. The normalized spacial score (nSPS) is 12.3. The molecule has 2 aromatic carbocycles. The Morgan fingerprint density at radius 1 is 1.15 bits per heavy atom. The zero-order valence-corrected chi connectivity index (χ0v) is 15.7. The van der Waals surface area contributed by atoms with Gasteiger partial charge >= 0.3 is 0 Å². The van der Waals surface area contributed by atoms with E-state index in [9.17, 15) is 4.79 Å². The molecule has 1 amide bonds. The Hall–Kier alpha value is -3.06. The number of rotatable bonds is 5. The van der Waals surface area contributed by atoms with Gasteiger partial charge in [0.05, 0.1) is 11.8 Å². The van der Waals surface area contributed by atoms with Gasteiger partial charge in [-0.25, -0.2) is 4.98 Å². The lowest BCUT2D eigenvalue weighted by Gasteiger charge is -2.09. The summed E-state index contributed by atoms with van der Waals surface area (Å²) in [6.45, 7) is 4.15. The van der Waals surface area contributed by atoms with Gasteiger partial charge in [-0.05, 0) is 56.3 Å². The van der Waals surface area contributed by atoms with Crippen LogP contribution in [-0.2, 0) is 0 Å². The minimum absolute atomic E-state index is 0.0922. The summed E-state index contributed by atoms with van der Waals surface area (Å²) in [6, 6.07) is 12.7. The van der Waals surface area contributed by atoms with Gasteiger partial charge in [0.25, 0.3) is 5.91 Å². The minimum atomic E-state index is -0.210. The lowest BCUT2D eigenvalue weighted by Crippen LogP contribution is -2.12. The standard InChI is InChI=1S/C20H18N2O4S/c1-12(2)26-15-6-3-13(4-7-15)19(23)22-20-21-16(10-27-20)14-5-8-17-18(9-14)25-11-24-17/h3-10,12H,11H2,1-2H3,(H,21,22,23). The molecule has 1 aromatic heterocycles. The first kappa shape index (κ1) is 17.4. The summed E-state index contributed by atoms with van der Waals surface area (Å²) in [7, 11) is 0. The van der Waals surface area contributed by atoms with Crippen molar-refractivity contribution in [2.24, 2.45) is 0 Å². The molecular weight excluding hydrogens is 364 g/mol. The first-order valence-corrected chi connectivity index (χ1v) is 9.40. The predicted molar refractivity (Wildman–Crippen MR) is 104 cm³/mol. The Balaban J connectivity index is 1.45. The van der Waals surface area contributed by atoms with Gasteiger partial charge in [0, 0.05) is 16.5 Å². The number of hydrogen-bond acceptors (Lipinski definition) is 6. The maximum absolute atomic E-state index is 12.4. The van der Waals surface area contributed by atoms with E-state index < -0.39 is 0 Å². The molecule has 0 spiro atoms. The van der Waals surface area contributed by atoms with Crippen LogP contribution in [-0.4, -0.2) is 23.8 Å². The van der Waals surface area contributed by atoms with Crippen LogP contribution in [0.4, 0.5) is 5.13 Å². The topological polar surface area (TPSA) is 69.7 Å². The molecule has 2 heterocycles. The Morgan fingerprint density at radius 3 is 2.70 bits per heavy atom. The van der Waals surface area contributed by atoms with E-state index in [2.05, 4.69) is 10.3 Å². The van der Waals surface area contributed by atoms with Crippen LogP contribution in [0, 0.1) is 0 Å². The largest absolute Gasteiger partial charge is 0.491 e. The maximum Gasteiger partial charge on any atom is 0.257 e. The number of carbonyl (C=O) groups is 1. The average Bonchev–Trinajstić information content (AvgIpc) is 3.30. The van der Waals surface area contributed by atoms with Crippen molar-refractivity contribution in [2.45, 2.75) is 20.0 Å². The van der Waals surface area contributed by atoms with E-state index in [4.69, 9.17) is 14.2 Å². The van der Waals surface area contributed by atoms with Gasteiger partial charge in [0.1, 0.15) is 5.75 Å². The highest BCUT2D eigenvalue weighted by Crippen LogP contribution is 2.36. The highest BCUT2D eigenvalue weighted by molar-refractivity contribution is 7.14. The Morgan fingerprint density at radius 2 is 1.93 bits per heavy atom. The Kier molecular flexibility index (Phi) is 4.68. The maximum atomic E-state index is 12.4. The van der Waals surface area contributed by atoms with Crippen molar-refractivity contribution in [1.82, 2.24) is 4.98 Å². The molecule has 27 heavy (non-hydrogen) atoms. The number of carbonyl (C=O) groups excluding carboxylic acids is 1. The monoisotopic (exact) mass is 382 g/mol. The third kappa shape index (κ3) is 3.88. The fourth-order valence-corrected chi connectivity index (χ4v) is 3.36. The zero-order valence-electron chi connectivity index (χ0n) is 14.9. The fraction of sp³-hybridized carbons (Fsp3) is 0.200. The van der Waals surface area contributed by atoms with Gasteiger partial charge < -0.3 is 14.2 Å². The van der Waals surface area contributed by atoms with Crippen LogP contribution in [0.25, 0.3) is 11.3 Å². The second-order valence-corrected chi connectivity index (χ2v) is 7.11. The van der Waals surface area contributed by atoms with Gasteiger partial charge in [0.2, 0.25) is 6.79 Å². The first-order valence-electron chi connectivity index (χ1n) is 8.52. The van der Waals surface area contributed by atoms with E-state index in [1.165, 1.54) is 11.3 Å². The van der Waals surface area contributed by atoms with Crippen molar-refractivity contribution >= 4 is 22.4 Å². The second kappa shape index (κ2) is 7.28. The van der Waals surface area contributed by atoms with E-state index in [0.29, 0.717) is 16.4 Å². The molecule has 1 N–H and O–H groups in total. The molecule has 1 aliphatic heterocycles. The summed E-state index contributed by atoms with van der Waals surface area (Å²) in [6.07, 6.45) is 0.0922. The summed E-state index contributed by atoms with van der Waals surface area (Å²) in [5.41, 5.74) is 2.23. The number of benzene rings is 2. The molecular formula is C20H18N2O4S. The molecule has 138 valence electrons. The summed E-state index contributed by atoms with van der Waals surface area (Å²) in [4.78, 5) is 16.9. The lowest BCUT2D eigenvalue weighted by molar-refractivity contribution is 0.102. The first-order chi connectivity index (χ1) is 13.1. The summed E-state index contributed by atoms with van der Waals surface area (Å²) in [5.74, 6) is 1.96. The van der Waals surface area contributed by atoms with Gasteiger partial charge in [-0.15, -0.1) is 11.3 Å². The van der Waals surface area contributed by atoms with Gasteiger partial charge in [-0.1, -0.05) is 0 Å². The van der Waals surface area contributed by atoms with Crippen LogP contribution in [0.3, 0.4) is 0 Å². The Labute approximate surface area is 160 Å². The minimum Gasteiger partial charge on any atom is -0.491 e. The lowest BCUT2D eigenvalue weighted by atomic mass is 10.1. The molecule has 0 saturated carbocycles. The molecule has 0 atom stereocenters. The average molecular weight is 382 g/mol. The molecule has 0 aliphatic carbocycles. The van der Waals surface area contributed by atoms with Gasteiger partial charge in [-0.3, -0.25) is 10.1 Å². The number of hydrogen-bond donors (Lipinski definition) is 1. The number of thiazole rings is 1. The Bertz CT molecular complexity index is 966. The molecule has 0 unspecified atom stereocenters. The molecule has 7 heteroatoms. The number of amides is 1. The third-order valence-corrected chi connectivity index (χ3v) is 4.64. The molecule has 0 fully saturated rings. The number of anilines is 1. The van der Waals surface area contributed by atoms with Gasteiger partial charge in [-0.2, -0.15) is 0 Å². The molecule has 1 aliphatic rings. The van der Waals surface area contributed by atoms with Crippen molar-refractivity contribution in [3.05, 3.63) is 53.4 Å². The highest BCUT2D eigenvalue weighted by atomic mass is 32.1. The van der Waals surface area contributed by atoms with E-state index in [0.717, 1.165) is 22.8 Å². The van der Waals surface area contributed by atoms with E-state index in [1.807, 2.05) is 37.4 Å². The predicted octanol–water partition coefficient (Wildman–Crippen LogP) is 4.58. The molecule has 0 bridgehead atoms. The van der Waals surface area contributed by atoms with Crippen molar-refractivity contribution < 1.29 is 19.0 Å². The molecule has 3 aromatic rings. The van der Waals surface area contributed by atoms with Crippen LogP contribution in [0.1, 0.15) is 24.2 Å². The number of nitrogens with one attached hydrogen (secondary N) is 1. The highest BCUT2D eigenvalue weighted by Gasteiger charge is 2.16. The summed E-state index contributed by atoms with van der Waals surface area (Å²) in [5, 5.41) is 5.27. The number of ether oxygens (including phenoxy) is 3. The smallest absolute Gasteiger partial charge is 0.257 e. The fourth-order valence-electron chi connectivity index (χ4n) is 2.65. The van der Waals surface area contributed by atoms with Crippen LogP contribution in [0.5, 0.6) is 17.2 Å². The van der Waals surface area contributed by atoms with Crippen molar-refractivity contribution in [3.8, 4) is 28.5 Å². The van der Waals surface area contributed by atoms with Crippen molar-refractivity contribution in [2.75, 3.05) is 12.1 Å².